The highest BCUT2D eigenvalue weighted by Gasteiger charge is 2.16. The second kappa shape index (κ2) is 4.85. The lowest BCUT2D eigenvalue weighted by Crippen LogP contribution is -2.30. The molecule has 0 aliphatic carbocycles. The Kier molecular flexibility index (Phi) is 3.66. The predicted octanol–water partition coefficient (Wildman–Crippen LogP) is 3.82. The summed E-state index contributed by atoms with van der Waals surface area (Å²) in [5, 5.41) is 2.06. The fourth-order valence-electron chi connectivity index (χ4n) is 1.52. The Labute approximate surface area is 111 Å². The average molecular weight is 318 g/mol. The van der Waals surface area contributed by atoms with Crippen LogP contribution in [-0.4, -0.2) is 29.2 Å². The number of amides is 1. The third-order valence-corrected chi connectivity index (χ3v) is 4.59. The van der Waals surface area contributed by atoms with Gasteiger partial charge in [-0.1, -0.05) is 22.9 Å². The second-order valence-electron chi connectivity index (χ2n) is 3.73. The van der Waals surface area contributed by atoms with E-state index in [9.17, 15) is 4.79 Å². The summed E-state index contributed by atoms with van der Waals surface area (Å²) in [5.74, 6) is 0.111. The molecule has 2 nitrogen and oxygen atoms in total. The van der Waals surface area contributed by atoms with E-state index in [0.717, 1.165) is 11.4 Å². The minimum absolute atomic E-state index is 0.111. The number of fused-ring (bicyclic) bond motifs is 1. The van der Waals surface area contributed by atoms with Gasteiger partial charge in [0, 0.05) is 27.8 Å². The number of nitrogens with zero attached hydrogens (tertiary/aromatic N) is 1. The van der Waals surface area contributed by atoms with Crippen LogP contribution in [0.3, 0.4) is 0 Å². The van der Waals surface area contributed by atoms with Gasteiger partial charge in [0.1, 0.15) is 0 Å². The maximum absolute atomic E-state index is 12.1. The lowest BCUT2D eigenvalue weighted by Gasteiger charge is -2.17. The van der Waals surface area contributed by atoms with Crippen LogP contribution >= 0.6 is 38.6 Å². The zero-order chi connectivity index (χ0) is 11.7. The van der Waals surface area contributed by atoms with Crippen LogP contribution in [0.4, 0.5) is 0 Å². The second-order valence-corrected chi connectivity index (χ2v) is 7.32. The van der Waals surface area contributed by atoms with Gasteiger partial charge in [-0.25, -0.2) is 0 Å². The molecule has 0 radical (unpaired) electrons. The third kappa shape index (κ3) is 2.47. The maximum Gasteiger partial charge on any atom is 0.263 e. The molecule has 0 saturated heterocycles. The molecule has 0 fully saturated rings. The van der Waals surface area contributed by atoms with Gasteiger partial charge in [-0.15, -0.1) is 22.7 Å². The van der Waals surface area contributed by atoms with Crippen molar-refractivity contribution < 1.29 is 4.79 Å². The number of hydrogen-bond donors (Lipinski definition) is 0. The Bertz CT molecular complexity index is 474. The molecule has 1 unspecified atom stereocenters. The first-order valence-electron chi connectivity index (χ1n) is 4.94. The molecule has 0 aliphatic rings. The summed E-state index contributed by atoms with van der Waals surface area (Å²) in [6.45, 7) is 2.77. The highest BCUT2D eigenvalue weighted by atomic mass is 79.9. The summed E-state index contributed by atoms with van der Waals surface area (Å²) in [6, 6.07) is 4.05. The van der Waals surface area contributed by atoms with Crippen molar-refractivity contribution in [2.24, 2.45) is 0 Å². The summed E-state index contributed by atoms with van der Waals surface area (Å²) in [4.78, 5) is 15.0. The molecule has 0 aliphatic heterocycles. The normalized spacial score (nSPS) is 12.9. The zero-order valence-electron chi connectivity index (χ0n) is 9.07. The molecule has 0 spiro atoms. The Hall–Kier alpha value is -0.390. The summed E-state index contributed by atoms with van der Waals surface area (Å²) in [6.07, 6.45) is 0. The molecule has 2 aromatic rings. The standard InChI is InChI=1S/C11H12BrNOS2/c1-7(12)6-13(2)11(14)10-5-9-8(16-10)3-4-15-9/h3-5,7H,6H2,1-2H3. The van der Waals surface area contributed by atoms with Gasteiger partial charge in [0.25, 0.3) is 5.91 Å². The molecule has 1 atom stereocenters. The van der Waals surface area contributed by atoms with Crippen molar-refractivity contribution in [3.05, 3.63) is 22.4 Å². The first kappa shape index (κ1) is 12.1. The van der Waals surface area contributed by atoms with Crippen molar-refractivity contribution in [3.8, 4) is 0 Å². The number of alkyl halides is 1. The molecule has 0 saturated carbocycles. The van der Waals surface area contributed by atoms with Crippen LogP contribution in [0.25, 0.3) is 9.40 Å². The Morgan fingerprint density at radius 3 is 2.94 bits per heavy atom. The van der Waals surface area contributed by atoms with Crippen LogP contribution in [0, 0.1) is 0 Å². The van der Waals surface area contributed by atoms with E-state index in [0.29, 0.717) is 4.83 Å². The quantitative estimate of drug-likeness (QED) is 0.788. The molecule has 5 heteroatoms. The number of carbonyl (C=O) groups is 1. The number of thiophene rings is 2. The van der Waals surface area contributed by atoms with Crippen molar-refractivity contribution >= 4 is 53.9 Å². The third-order valence-electron chi connectivity index (χ3n) is 2.22. The Morgan fingerprint density at radius 2 is 2.31 bits per heavy atom. The lowest BCUT2D eigenvalue weighted by molar-refractivity contribution is 0.0802. The van der Waals surface area contributed by atoms with Gasteiger partial charge in [-0.05, 0) is 17.5 Å². The molecular weight excluding hydrogens is 306 g/mol. The van der Waals surface area contributed by atoms with E-state index >= 15 is 0 Å². The van der Waals surface area contributed by atoms with Gasteiger partial charge in [-0.3, -0.25) is 4.79 Å². The summed E-state index contributed by atoms with van der Waals surface area (Å²) in [5.41, 5.74) is 0. The van der Waals surface area contributed by atoms with E-state index in [1.54, 1.807) is 27.6 Å². The molecule has 0 aromatic carbocycles. The predicted molar refractivity (Wildman–Crippen MR) is 75.1 cm³/mol. The van der Waals surface area contributed by atoms with E-state index in [2.05, 4.69) is 27.4 Å². The Morgan fingerprint density at radius 1 is 1.56 bits per heavy atom. The van der Waals surface area contributed by atoms with Crippen molar-refractivity contribution in [1.29, 1.82) is 0 Å². The van der Waals surface area contributed by atoms with Crippen molar-refractivity contribution in [1.82, 2.24) is 4.90 Å². The van der Waals surface area contributed by atoms with E-state index in [1.165, 1.54) is 9.40 Å². The fourth-order valence-corrected chi connectivity index (χ4v) is 4.06. The largest absolute Gasteiger partial charge is 0.340 e. The van der Waals surface area contributed by atoms with E-state index < -0.39 is 0 Å². The maximum atomic E-state index is 12.1. The highest BCUT2D eigenvalue weighted by Crippen LogP contribution is 2.30. The molecule has 0 N–H and O–H groups in total. The van der Waals surface area contributed by atoms with Gasteiger partial charge in [-0.2, -0.15) is 0 Å². The number of halogens is 1. The first-order chi connectivity index (χ1) is 7.58. The van der Waals surface area contributed by atoms with Gasteiger partial charge < -0.3 is 4.90 Å². The van der Waals surface area contributed by atoms with Crippen LogP contribution in [-0.2, 0) is 0 Å². The van der Waals surface area contributed by atoms with E-state index in [-0.39, 0.29) is 5.91 Å². The van der Waals surface area contributed by atoms with Crippen LogP contribution in [0.2, 0.25) is 0 Å². The highest BCUT2D eigenvalue weighted by molar-refractivity contribution is 9.09. The van der Waals surface area contributed by atoms with Crippen molar-refractivity contribution in [3.63, 3.8) is 0 Å². The first-order valence-corrected chi connectivity index (χ1v) is 7.55. The minimum Gasteiger partial charge on any atom is -0.340 e. The topological polar surface area (TPSA) is 20.3 Å². The molecule has 1 amide bonds. The molecular formula is C11H12BrNOS2. The number of rotatable bonds is 3. The SMILES string of the molecule is CC(Br)CN(C)C(=O)c1cc2sccc2s1. The van der Waals surface area contributed by atoms with Crippen molar-refractivity contribution in [2.45, 2.75) is 11.8 Å². The Balaban J connectivity index is 2.18. The molecule has 2 aromatic heterocycles. The molecule has 16 heavy (non-hydrogen) atoms. The molecule has 86 valence electrons. The zero-order valence-corrected chi connectivity index (χ0v) is 12.3. The lowest BCUT2D eigenvalue weighted by atomic mass is 10.3. The van der Waals surface area contributed by atoms with Crippen molar-refractivity contribution in [2.75, 3.05) is 13.6 Å². The van der Waals surface area contributed by atoms with Crippen LogP contribution in [0.15, 0.2) is 17.5 Å². The number of hydrogen-bond acceptors (Lipinski definition) is 3. The van der Waals surface area contributed by atoms with Crippen LogP contribution in [0.5, 0.6) is 0 Å². The van der Waals surface area contributed by atoms with E-state index in [4.69, 9.17) is 0 Å². The van der Waals surface area contributed by atoms with Gasteiger partial charge in [0.2, 0.25) is 0 Å². The van der Waals surface area contributed by atoms with Crippen LogP contribution < -0.4 is 0 Å². The molecule has 2 heterocycles. The van der Waals surface area contributed by atoms with Gasteiger partial charge in [0.15, 0.2) is 0 Å². The van der Waals surface area contributed by atoms with Crippen LogP contribution in [0.1, 0.15) is 16.6 Å². The average Bonchev–Trinajstić information content (AvgIpc) is 2.74. The minimum atomic E-state index is 0.111. The van der Waals surface area contributed by atoms with E-state index in [1.807, 2.05) is 20.0 Å². The summed E-state index contributed by atoms with van der Waals surface area (Å²) < 4.78 is 2.40. The summed E-state index contributed by atoms with van der Waals surface area (Å²) in [7, 11) is 1.84. The molecule has 2 rings (SSSR count). The number of carbonyl (C=O) groups excluding carboxylic acids is 1. The molecule has 0 bridgehead atoms. The smallest absolute Gasteiger partial charge is 0.263 e. The fraction of sp³-hybridized carbons (Fsp3) is 0.364. The monoisotopic (exact) mass is 317 g/mol. The van der Waals surface area contributed by atoms with Gasteiger partial charge >= 0.3 is 0 Å². The van der Waals surface area contributed by atoms with Gasteiger partial charge in [0.05, 0.1) is 4.88 Å². The summed E-state index contributed by atoms with van der Waals surface area (Å²) >= 11 is 6.71.